The molecule has 1 amide bonds. The first-order chi connectivity index (χ1) is 15.7. The Balaban J connectivity index is 2.01. The van der Waals surface area contributed by atoms with Crippen LogP contribution in [0.4, 0.5) is 22.2 Å². The quantitative estimate of drug-likeness (QED) is 0.198. The van der Waals surface area contributed by atoms with E-state index < -0.39 is 5.97 Å². The Morgan fingerprint density at radius 1 is 1.24 bits per heavy atom. The van der Waals surface area contributed by atoms with Crippen molar-refractivity contribution < 1.29 is 14.3 Å². The first kappa shape index (κ1) is 24.9. The van der Waals surface area contributed by atoms with E-state index in [1.54, 1.807) is 29.2 Å². The van der Waals surface area contributed by atoms with Crippen molar-refractivity contribution in [1.29, 1.82) is 0 Å². The number of methoxy groups -OCH3 is 1. The van der Waals surface area contributed by atoms with Gasteiger partial charge in [-0.3, -0.25) is 9.59 Å². The highest BCUT2D eigenvalue weighted by atomic mass is 35.5. The summed E-state index contributed by atoms with van der Waals surface area (Å²) in [4.78, 5) is 29.6. The van der Waals surface area contributed by atoms with E-state index in [0.29, 0.717) is 54.0 Å². The van der Waals surface area contributed by atoms with Gasteiger partial charge in [-0.15, -0.1) is 16.8 Å². The lowest BCUT2D eigenvalue weighted by molar-refractivity contribution is -0.138. The predicted molar refractivity (Wildman–Crippen MR) is 134 cm³/mol. The minimum atomic E-state index is -0.452. The number of azo groups is 1. The van der Waals surface area contributed by atoms with Gasteiger partial charge in [-0.1, -0.05) is 52.2 Å². The summed E-state index contributed by atoms with van der Waals surface area (Å²) < 4.78 is 5.44. The Morgan fingerprint density at radius 2 is 2.00 bits per heavy atom. The molecule has 0 aliphatic carbocycles. The van der Waals surface area contributed by atoms with Crippen molar-refractivity contribution in [1.82, 2.24) is 4.98 Å². The number of fused-ring (bicyclic) bond motifs is 1. The summed E-state index contributed by atoms with van der Waals surface area (Å²) >= 11 is 20.0. The van der Waals surface area contributed by atoms with E-state index in [9.17, 15) is 9.59 Å². The van der Waals surface area contributed by atoms with Crippen LogP contribution in [0.15, 0.2) is 47.1 Å². The molecule has 0 bridgehead atoms. The van der Waals surface area contributed by atoms with Crippen LogP contribution in [0.2, 0.25) is 15.1 Å². The van der Waals surface area contributed by atoms with Crippen molar-refractivity contribution in [3.63, 3.8) is 0 Å². The van der Waals surface area contributed by atoms with E-state index in [0.717, 1.165) is 0 Å². The van der Waals surface area contributed by atoms with E-state index >= 15 is 0 Å². The molecule has 1 aromatic heterocycles. The van der Waals surface area contributed by atoms with Gasteiger partial charge in [-0.2, -0.15) is 0 Å². The third-order valence-corrected chi connectivity index (χ3v) is 6.49. The predicted octanol–water partition coefficient (Wildman–Crippen LogP) is 6.80. The van der Waals surface area contributed by atoms with Gasteiger partial charge in [0, 0.05) is 13.5 Å². The van der Waals surface area contributed by atoms with Crippen molar-refractivity contribution in [2.24, 2.45) is 10.2 Å². The molecule has 0 aliphatic rings. The second-order valence-electron chi connectivity index (χ2n) is 6.65. The number of carbonyl (C=O) groups excluding carboxylic acids is 2. The van der Waals surface area contributed by atoms with E-state index in [4.69, 9.17) is 39.5 Å². The molecule has 3 rings (SSSR count). The van der Waals surface area contributed by atoms with Gasteiger partial charge >= 0.3 is 5.97 Å². The van der Waals surface area contributed by atoms with Crippen molar-refractivity contribution in [3.8, 4) is 0 Å². The molecule has 3 aromatic rings. The van der Waals surface area contributed by atoms with Crippen LogP contribution < -0.4 is 10.2 Å². The van der Waals surface area contributed by atoms with Crippen molar-refractivity contribution in [2.75, 3.05) is 30.4 Å². The lowest BCUT2D eigenvalue weighted by Gasteiger charge is -2.24. The standard InChI is InChI=1S/C21H18Cl3N5O3S/c1-4-7-29(10-18(31)32-3)17-9-15(25-11(2)30)16(8-13(17)23)27-28-21-26-14-6-5-12(22)19(24)20(14)33-21/h4-6,8-9H,1,7,10H2,2-3H3,(H,25,30). The zero-order valence-corrected chi connectivity index (χ0v) is 20.6. The Morgan fingerprint density at radius 3 is 2.67 bits per heavy atom. The molecule has 0 saturated carbocycles. The third kappa shape index (κ3) is 6.00. The van der Waals surface area contributed by atoms with E-state index in [1.165, 1.54) is 31.4 Å². The fourth-order valence-corrected chi connectivity index (χ4v) is 4.45. The molecule has 8 nitrogen and oxygen atoms in total. The molecule has 0 spiro atoms. The number of anilines is 2. The number of ether oxygens (including phenoxy) is 1. The summed E-state index contributed by atoms with van der Waals surface area (Å²) in [7, 11) is 1.30. The maximum absolute atomic E-state index is 11.8. The number of esters is 1. The molecule has 12 heteroatoms. The first-order valence-corrected chi connectivity index (χ1v) is 11.4. The van der Waals surface area contributed by atoms with Crippen LogP contribution in [-0.4, -0.2) is 37.1 Å². The van der Waals surface area contributed by atoms with Crippen molar-refractivity contribution in [2.45, 2.75) is 6.92 Å². The van der Waals surface area contributed by atoms with Crippen molar-refractivity contribution in [3.05, 3.63) is 52.0 Å². The van der Waals surface area contributed by atoms with Crippen LogP contribution in [0.3, 0.4) is 0 Å². The van der Waals surface area contributed by atoms with Gasteiger partial charge in [0.25, 0.3) is 0 Å². The number of carbonyl (C=O) groups is 2. The molecule has 2 aromatic carbocycles. The molecular weight excluding hydrogens is 509 g/mol. The molecular formula is C21H18Cl3N5O3S. The van der Waals surface area contributed by atoms with Gasteiger partial charge < -0.3 is 15.0 Å². The Hall–Kier alpha value is -2.72. The summed E-state index contributed by atoms with van der Waals surface area (Å²) in [5.74, 6) is -0.767. The molecule has 172 valence electrons. The highest BCUT2D eigenvalue weighted by Crippen LogP contribution is 2.40. The van der Waals surface area contributed by atoms with Crippen LogP contribution >= 0.6 is 46.1 Å². The number of aromatic nitrogens is 1. The number of nitrogens with zero attached hydrogens (tertiary/aromatic N) is 4. The Kier molecular flexibility index (Phi) is 8.25. The van der Waals surface area contributed by atoms with Gasteiger partial charge in [0.05, 0.1) is 43.8 Å². The molecule has 0 unspecified atom stereocenters. The summed E-state index contributed by atoms with van der Waals surface area (Å²) in [5, 5.41) is 12.6. The second kappa shape index (κ2) is 10.9. The van der Waals surface area contributed by atoms with Gasteiger partial charge in [0.1, 0.15) is 12.2 Å². The van der Waals surface area contributed by atoms with E-state index in [2.05, 4.69) is 27.1 Å². The number of rotatable bonds is 8. The zero-order valence-electron chi connectivity index (χ0n) is 17.6. The number of thiazole rings is 1. The Labute approximate surface area is 208 Å². The summed E-state index contributed by atoms with van der Waals surface area (Å²) in [6, 6.07) is 6.54. The highest BCUT2D eigenvalue weighted by Gasteiger charge is 2.18. The van der Waals surface area contributed by atoms with Gasteiger partial charge in [-0.05, 0) is 24.3 Å². The topological polar surface area (TPSA) is 96.2 Å². The van der Waals surface area contributed by atoms with Crippen LogP contribution in [0.1, 0.15) is 6.92 Å². The number of amides is 1. The minimum Gasteiger partial charge on any atom is -0.468 e. The smallest absolute Gasteiger partial charge is 0.325 e. The average molecular weight is 527 g/mol. The van der Waals surface area contributed by atoms with Gasteiger partial charge in [-0.25, -0.2) is 4.98 Å². The SMILES string of the molecule is C=CCN(CC(=O)OC)c1cc(NC(C)=O)c(N=Nc2nc3ccc(Cl)c(Cl)c3s2)cc1Cl. The molecule has 1 heterocycles. The summed E-state index contributed by atoms with van der Waals surface area (Å²) in [6.07, 6.45) is 1.62. The second-order valence-corrected chi connectivity index (χ2v) is 8.82. The molecule has 0 saturated heterocycles. The zero-order chi connectivity index (χ0) is 24.1. The number of hydrogen-bond acceptors (Lipinski definition) is 8. The number of hydrogen-bond donors (Lipinski definition) is 1. The normalized spacial score (nSPS) is 11.1. The molecule has 1 N–H and O–H groups in total. The van der Waals surface area contributed by atoms with Gasteiger partial charge in [0.2, 0.25) is 11.0 Å². The summed E-state index contributed by atoms with van der Waals surface area (Å²) in [5.41, 5.74) is 1.79. The molecule has 0 aliphatic heterocycles. The van der Waals surface area contributed by atoms with Crippen LogP contribution in [0.5, 0.6) is 0 Å². The fourth-order valence-electron chi connectivity index (χ4n) is 2.85. The molecule has 0 fully saturated rings. The number of benzene rings is 2. The maximum atomic E-state index is 11.8. The summed E-state index contributed by atoms with van der Waals surface area (Å²) in [6.45, 7) is 5.34. The van der Waals surface area contributed by atoms with E-state index in [1.807, 2.05) is 0 Å². The maximum Gasteiger partial charge on any atom is 0.325 e. The van der Waals surface area contributed by atoms with Gasteiger partial charge in [0.15, 0.2) is 0 Å². The fraction of sp³-hybridized carbons (Fsp3) is 0.190. The molecule has 0 atom stereocenters. The Bertz CT molecular complexity index is 1260. The lowest BCUT2D eigenvalue weighted by Crippen LogP contribution is -2.31. The van der Waals surface area contributed by atoms with Crippen molar-refractivity contribution >= 4 is 90.4 Å². The third-order valence-electron chi connectivity index (χ3n) is 4.30. The first-order valence-electron chi connectivity index (χ1n) is 9.43. The molecule has 33 heavy (non-hydrogen) atoms. The van der Waals surface area contributed by atoms with Crippen LogP contribution in [0.25, 0.3) is 10.2 Å². The highest BCUT2D eigenvalue weighted by molar-refractivity contribution is 7.22. The van der Waals surface area contributed by atoms with Crippen LogP contribution in [0, 0.1) is 0 Å². The number of nitrogens with one attached hydrogen (secondary N) is 1. The minimum absolute atomic E-state index is 0.0579. The lowest BCUT2D eigenvalue weighted by atomic mass is 10.2. The average Bonchev–Trinajstić information content (AvgIpc) is 3.19. The van der Waals surface area contributed by atoms with E-state index in [-0.39, 0.29) is 12.5 Å². The monoisotopic (exact) mass is 525 g/mol. The largest absolute Gasteiger partial charge is 0.468 e. The number of halogens is 3. The van der Waals surface area contributed by atoms with Crippen LogP contribution in [-0.2, 0) is 14.3 Å². The molecule has 0 radical (unpaired) electrons.